The summed E-state index contributed by atoms with van der Waals surface area (Å²) in [5, 5.41) is 5.85. The van der Waals surface area contributed by atoms with Gasteiger partial charge in [0, 0.05) is 17.2 Å². The number of carbonyl (C=O) groups is 2. The first-order chi connectivity index (χ1) is 13.7. The van der Waals surface area contributed by atoms with E-state index in [0.29, 0.717) is 11.6 Å². The number of hydrogen-bond acceptors (Lipinski definition) is 4. The van der Waals surface area contributed by atoms with Crippen molar-refractivity contribution >= 4 is 34.8 Å². The molecule has 0 unspecified atom stereocenters. The van der Waals surface area contributed by atoms with E-state index in [4.69, 9.17) is 12.2 Å². The van der Waals surface area contributed by atoms with Crippen LogP contribution in [0.4, 0.5) is 8.78 Å². The van der Waals surface area contributed by atoms with Gasteiger partial charge < -0.3 is 15.4 Å². The van der Waals surface area contributed by atoms with E-state index < -0.39 is 29.4 Å². The smallest absolute Gasteiger partial charge is 0.379 e. The average molecular weight is 416 g/mol. The minimum absolute atomic E-state index is 0.0234. The predicted molar refractivity (Wildman–Crippen MR) is 108 cm³/mol. The van der Waals surface area contributed by atoms with Gasteiger partial charge in [-0.05, 0) is 37.7 Å². The van der Waals surface area contributed by atoms with Gasteiger partial charge in [0.15, 0.2) is 5.11 Å². The zero-order chi connectivity index (χ0) is 21.3. The number of carbonyl (C=O) groups excluding carboxylic acids is 2. The maximum Gasteiger partial charge on any atom is 0.379 e. The van der Waals surface area contributed by atoms with Gasteiger partial charge >= 0.3 is 5.97 Å². The van der Waals surface area contributed by atoms with Gasteiger partial charge in [0.2, 0.25) is 0 Å². The van der Waals surface area contributed by atoms with Crippen molar-refractivity contribution in [3.8, 4) is 0 Å². The SMILES string of the molecule is COC(=O)C(=O)C1=C(c2ccc(C)cc2C)NC(=S)N[C@@H]1c1ccc(F)cc1F. The molecule has 0 fully saturated rings. The van der Waals surface area contributed by atoms with Gasteiger partial charge in [-0.15, -0.1) is 0 Å². The molecule has 29 heavy (non-hydrogen) atoms. The van der Waals surface area contributed by atoms with E-state index in [1.807, 2.05) is 26.0 Å². The lowest BCUT2D eigenvalue weighted by atomic mass is 9.88. The van der Waals surface area contributed by atoms with E-state index >= 15 is 0 Å². The summed E-state index contributed by atoms with van der Waals surface area (Å²) < 4.78 is 32.6. The third-order valence-corrected chi connectivity index (χ3v) is 4.83. The van der Waals surface area contributed by atoms with Gasteiger partial charge in [0.1, 0.15) is 11.6 Å². The molecule has 2 N–H and O–H groups in total. The molecule has 5 nitrogen and oxygen atoms in total. The summed E-state index contributed by atoms with van der Waals surface area (Å²) in [4.78, 5) is 25.0. The monoisotopic (exact) mass is 416 g/mol. The van der Waals surface area contributed by atoms with Crippen molar-refractivity contribution in [2.24, 2.45) is 0 Å². The number of aryl methyl sites for hydroxylation is 2. The van der Waals surface area contributed by atoms with Gasteiger partial charge in [-0.3, -0.25) is 4.79 Å². The highest BCUT2D eigenvalue weighted by molar-refractivity contribution is 7.80. The number of thiocarbonyl (C=S) groups is 1. The van der Waals surface area contributed by atoms with E-state index in [0.717, 1.165) is 24.3 Å². The van der Waals surface area contributed by atoms with Crippen molar-refractivity contribution in [1.82, 2.24) is 10.6 Å². The van der Waals surface area contributed by atoms with Gasteiger partial charge in [0.25, 0.3) is 5.78 Å². The second kappa shape index (κ2) is 8.08. The zero-order valence-corrected chi connectivity index (χ0v) is 16.7. The Hall–Kier alpha value is -3.13. The predicted octanol–water partition coefficient (Wildman–Crippen LogP) is 3.25. The Labute approximate surface area is 171 Å². The summed E-state index contributed by atoms with van der Waals surface area (Å²) in [6, 6.07) is 7.41. The van der Waals surface area contributed by atoms with Crippen molar-refractivity contribution in [3.63, 3.8) is 0 Å². The van der Waals surface area contributed by atoms with E-state index in [2.05, 4.69) is 15.4 Å². The molecule has 8 heteroatoms. The second-order valence-corrected chi connectivity index (χ2v) is 7.03. The van der Waals surface area contributed by atoms with Crippen LogP contribution in [0.1, 0.15) is 28.3 Å². The minimum atomic E-state index is -1.11. The number of methoxy groups -OCH3 is 1. The number of benzene rings is 2. The lowest BCUT2D eigenvalue weighted by Crippen LogP contribution is -2.46. The highest BCUT2D eigenvalue weighted by Gasteiger charge is 2.37. The number of hydrogen-bond donors (Lipinski definition) is 2. The van der Waals surface area contributed by atoms with Crippen LogP contribution in [-0.2, 0) is 14.3 Å². The average Bonchev–Trinajstić information content (AvgIpc) is 2.66. The van der Waals surface area contributed by atoms with E-state index in [1.54, 1.807) is 6.07 Å². The quantitative estimate of drug-likeness (QED) is 0.453. The molecule has 1 atom stereocenters. The van der Waals surface area contributed by atoms with Gasteiger partial charge in [-0.2, -0.15) is 0 Å². The third-order valence-electron chi connectivity index (χ3n) is 4.61. The molecule has 3 rings (SSSR count). The summed E-state index contributed by atoms with van der Waals surface area (Å²) >= 11 is 5.25. The Kier molecular flexibility index (Phi) is 5.74. The maximum atomic E-state index is 14.5. The van der Waals surface area contributed by atoms with E-state index in [9.17, 15) is 18.4 Å². The Morgan fingerprint density at radius 1 is 1.10 bits per heavy atom. The Morgan fingerprint density at radius 2 is 1.83 bits per heavy atom. The van der Waals surface area contributed by atoms with Crippen LogP contribution in [0.25, 0.3) is 5.70 Å². The van der Waals surface area contributed by atoms with E-state index in [-0.39, 0.29) is 21.9 Å². The summed E-state index contributed by atoms with van der Waals surface area (Å²) in [7, 11) is 1.08. The van der Waals surface area contributed by atoms with Crippen LogP contribution in [0.15, 0.2) is 42.0 Å². The van der Waals surface area contributed by atoms with Crippen LogP contribution in [0.5, 0.6) is 0 Å². The first-order valence-corrected chi connectivity index (χ1v) is 9.10. The molecule has 0 aromatic heterocycles. The van der Waals surface area contributed by atoms with Crippen molar-refractivity contribution < 1.29 is 23.1 Å². The fourth-order valence-electron chi connectivity index (χ4n) is 3.29. The van der Waals surface area contributed by atoms with Crippen molar-refractivity contribution in [3.05, 3.63) is 75.9 Å². The molecule has 2 aromatic carbocycles. The topological polar surface area (TPSA) is 67.4 Å². The fourth-order valence-corrected chi connectivity index (χ4v) is 3.51. The summed E-state index contributed by atoms with van der Waals surface area (Å²) in [5.74, 6) is -3.70. The first-order valence-electron chi connectivity index (χ1n) is 8.69. The first kappa shape index (κ1) is 20.6. The van der Waals surface area contributed by atoms with Crippen molar-refractivity contribution in [2.45, 2.75) is 19.9 Å². The molecule has 0 aliphatic carbocycles. The van der Waals surface area contributed by atoms with Gasteiger partial charge in [-0.25, -0.2) is 13.6 Å². The number of esters is 1. The minimum Gasteiger partial charge on any atom is -0.463 e. The molecule has 0 amide bonds. The highest BCUT2D eigenvalue weighted by Crippen LogP contribution is 2.34. The molecule has 0 radical (unpaired) electrons. The standard InChI is InChI=1S/C21H18F2N2O3S/c1-10-4-6-13(11(2)8-10)17-16(19(26)20(27)28-3)18(25-21(29)24-17)14-7-5-12(22)9-15(14)23/h4-9,18H,1-3H3,(H2,24,25,29)/t18-/m1/s1. The Morgan fingerprint density at radius 3 is 2.45 bits per heavy atom. The van der Waals surface area contributed by atoms with Crippen molar-refractivity contribution in [1.29, 1.82) is 0 Å². The number of Topliss-reactive ketones (excluding diaryl/α,β-unsaturated/α-hetero) is 1. The normalized spacial score (nSPS) is 16.2. The van der Waals surface area contributed by atoms with Gasteiger partial charge in [0.05, 0.1) is 24.4 Å². The lowest BCUT2D eigenvalue weighted by Gasteiger charge is -2.32. The summed E-state index contributed by atoms with van der Waals surface area (Å²) in [5.41, 5.74) is 2.64. The largest absolute Gasteiger partial charge is 0.463 e. The summed E-state index contributed by atoms with van der Waals surface area (Å²) in [6.45, 7) is 3.76. The Bertz CT molecular complexity index is 1070. The van der Waals surface area contributed by atoms with Crippen LogP contribution >= 0.6 is 12.2 Å². The molecular formula is C21H18F2N2O3S. The number of halogens is 2. The summed E-state index contributed by atoms with van der Waals surface area (Å²) in [6.07, 6.45) is 0. The van der Waals surface area contributed by atoms with Crippen LogP contribution in [0, 0.1) is 25.5 Å². The molecule has 150 valence electrons. The van der Waals surface area contributed by atoms with Crippen LogP contribution in [0.3, 0.4) is 0 Å². The molecule has 1 heterocycles. The van der Waals surface area contributed by atoms with E-state index in [1.165, 1.54) is 6.07 Å². The molecule has 0 spiro atoms. The zero-order valence-electron chi connectivity index (χ0n) is 15.9. The van der Waals surface area contributed by atoms with Gasteiger partial charge in [-0.1, -0.05) is 29.8 Å². The van der Waals surface area contributed by atoms with Crippen LogP contribution in [0.2, 0.25) is 0 Å². The second-order valence-electron chi connectivity index (χ2n) is 6.63. The van der Waals surface area contributed by atoms with Crippen LogP contribution in [-0.4, -0.2) is 24.0 Å². The van der Waals surface area contributed by atoms with Crippen molar-refractivity contribution in [2.75, 3.05) is 7.11 Å². The maximum absolute atomic E-state index is 14.5. The van der Waals surface area contributed by atoms with Crippen LogP contribution < -0.4 is 10.6 Å². The number of nitrogens with one attached hydrogen (secondary N) is 2. The third kappa shape index (κ3) is 4.02. The molecule has 0 saturated carbocycles. The fraction of sp³-hybridized carbons (Fsp3) is 0.190. The Balaban J connectivity index is 2.30. The molecular weight excluding hydrogens is 398 g/mol. The number of ether oxygens (including phenoxy) is 1. The number of ketones is 1. The molecule has 1 aliphatic rings. The molecule has 0 bridgehead atoms. The molecule has 2 aromatic rings. The molecule has 1 aliphatic heterocycles. The highest BCUT2D eigenvalue weighted by atomic mass is 32.1. The number of rotatable bonds is 4. The molecule has 0 saturated heterocycles. The lowest BCUT2D eigenvalue weighted by molar-refractivity contribution is -0.150.